The molecule has 18 heavy (non-hydrogen) atoms. The van der Waals surface area contributed by atoms with Gasteiger partial charge in [0.15, 0.2) is 0 Å². The van der Waals surface area contributed by atoms with E-state index >= 15 is 0 Å². The highest BCUT2D eigenvalue weighted by Crippen LogP contribution is 2.07. The third-order valence-electron chi connectivity index (χ3n) is 2.85. The second-order valence-electron chi connectivity index (χ2n) is 4.80. The number of carbonyl (C=O) groups excluding carboxylic acids is 1. The fourth-order valence-corrected chi connectivity index (χ4v) is 1.65. The number of hydrogen-bond donors (Lipinski definition) is 2. The summed E-state index contributed by atoms with van der Waals surface area (Å²) in [5, 5.41) is 13.3. The third-order valence-corrected chi connectivity index (χ3v) is 2.85. The van der Waals surface area contributed by atoms with E-state index in [0.717, 1.165) is 32.2 Å². The summed E-state index contributed by atoms with van der Waals surface area (Å²) in [6.45, 7) is 0.911. The number of nitrogens with one attached hydrogen (secondary N) is 1. The van der Waals surface area contributed by atoms with E-state index in [1.807, 2.05) is 18.7 Å². The van der Waals surface area contributed by atoms with Gasteiger partial charge in [0.1, 0.15) is 0 Å². The van der Waals surface area contributed by atoms with Crippen molar-refractivity contribution in [3.05, 3.63) is 0 Å². The number of carboxylic acid groups (broad SMARTS) is 1. The Morgan fingerprint density at radius 1 is 1.06 bits per heavy atom. The SMILES string of the molecule is C[N+](C)=C(N)NCCCCCCCCCC(=O)[O-]. The number of hydrogen-bond acceptors (Lipinski definition) is 2. The monoisotopic (exact) mass is 257 g/mol. The maximum Gasteiger partial charge on any atom is 0.342 e. The first kappa shape index (κ1) is 16.7. The zero-order valence-electron chi connectivity index (χ0n) is 11.7. The van der Waals surface area contributed by atoms with E-state index in [1.165, 1.54) is 19.3 Å². The first-order valence-corrected chi connectivity index (χ1v) is 6.77. The smallest absolute Gasteiger partial charge is 0.342 e. The van der Waals surface area contributed by atoms with Crippen molar-refractivity contribution in [3.63, 3.8) is 0 Å². The second-order valence-corrected chi connectivity index (χ2v) is 4.80. The molecule has 5 nitrogen and oxygen atoms in total. The summed E-state index contributed by atoms with van der Waals surface area (Å²) >= 11 is 0. The molecule has 0 spiro atoms. The minimum atomic E-state index is -0.934. The second kappa shape index (κ2) is 10.9. The van der Waals surface area contributed by atoms with Crippen molar-refractivity contribution < 1.29 is 14.5 Å². The topological polar surface area (TPSA) is 81.2 Å². The molecule has 0 aliphatic carbocycles. The van der Waals surface area contributed by atoms with Crippen LogP contribution in [0.15, 0.2) is 0 Å². The standard InChI is InChI=1S/C13H27N3O2/c1-16(2)13(14)15-11-9-7-5-3-4-6-8-10-12(17)18/h3-11H2,1-2H3,(H3,14,15,17,18). The van der Waals surface area contributed by atoms with Crippen LogP contribution in [0.2, 0.25) is 0 Å². The molecule has 0 aliphatic heterocycles. The predicted molar refractivity (Wildman–Crippen MR) is 71.2 cm³/mol. The van der Waals surface area contributed by atoms with Crippen LogP contribution in [0.3, 0.4) is 0 Å². The Morgan fingerprint density at radius 2 is 1.56 bits per heavy atom. The number of carboxylic acids is 1. The van der Waals surface area contributed by atoms with Gasteiger partial charge in [0.25, 0.3) is 0 Å². The van der Waals surface area contributed by atoms with Gasteiger partial charge in [-0.2, -0.15) is 0 Å². The molecule has 0 saturated heterocycles. The molecule has 0 rings (SSSR count). The Bertz CT molecular complexity index is 261. The van der Waals surface area contributed by atoms with Gasteiger partial charge in [-0.1, -0.05) is 32.1 Å². The molecule has 0 radical (unpaired) electrons. The molecule has 0 unspecified atom stereocenters. The van der Waals surface area contributed by atoms with Gasteiger partial charge in [-0.15, -0.1) is 0 Å². The minimum Gasteiger partial charge on any atom is -0.550 e. The number of aliphatic carboxylic acids is 1. The number of carbonyl (C=O) groups is 1. The number of rotatable bonds is 10. The molecule has 0 heterocycles. The average molecular weight is 257 g/mol. The number of guanidine groups is 1. The van der Waals surface area contributed by atoms with Gasteiger partial charge in [0.05, 0.1) is 20.6 Å². The van der Waals surface area contributed by atoms with Gasteiger partial charge in [-0.05, 0) is 19.3 Å². The van der Waals surface area contributed by atoms with Crippen LogP contribution in [-0.2, 0) is 4.79 Å². The van der Waals surface area contributed by atoms with Crippen LogP contribution in [0.1, 0.15) is 51.4 Å². The van der Waals surface area contributed by atoms with E-state index in [1.54, 1.807) is 0 Å². The van der Waals surface area contributed by atoms with E-state index in [2.05, 4.69) is 5.32 Å². The van der Waals surface area contributed by atoms with Gasteiger partial charge >= 0.3 is 5.96 Å². The van der Waals surface area contributed by atoms with Crippen LogP contribution >= 0.6 is 0 Å². The van der Waals surface area contributed by atoms with E-state index in [4.69, 9.17) is 5.73 Å². The maximum absolute atomic E-state index is 10.2. The number of nitrogens with zero attached hydrogens (tertiary/aromatic N) is 1. The molecule has 0 saturated carbocycles. The summed E-state index contributed by atoms with van der Waals surface area (Å²) in [6.07, 6.45) is 7.75. The Labute approximate surface area is 110 Å². The molecule has 0 fully saturated rings. The van der Waals surface area contributed by atoms with Crippen LogP contribution in [0.4, 0.5) is 0 Å². The summed E-state index contributed by atoms with van der Waals surface area (Å²) in [7, 11) is 3.82. The van der Waals surface area contributed by atoms with Crippen LogP contribution < -0.4 is 16.2 Å². The van der Waals surface area contributed by atoms with E-state index < -0.39 is 5.97 Å². The van der Waals surface area contributed by atoms with Crippen molar-refractivity contribution >= 4 is 11.9 Å². The highest BCUT2D eigenvalue weighted by Gasteiger charge is 1.98. The zero-order chi connectivity index (χ0) is 13.8. The molecule has 0 aliphatic rings. The molecule has 0 bridgehead atoms. The van der Waals surface area contributed by atoms with Crippen LogP contribution in [0, 0.1) is 0 Å². The van der Waals surface area contributed by atoms with Crippen LogP contribution in [-0.4, -0.2) is 37.1 Å². The van der Waals surface area contributed by atoms with Crippen molar-refractivity contribution in [2.24, 2.45) is 5.73 Å². The molecule has 0 aromatic rings. The molecule has 0 aromatic heterocycles. The highest BCUT2D eigenvalue weighted by atomic mass is 16.4. The summed E-state index contributed by atoms with van der Waals surface area (Å²) in [5.41, 5.74) is 5.72. The van der Waals surface area contributed by atoms with E-state index in [0.29, 0.717) is 5.96 Å². The molecular formula is C13H27N3O2. The third kappa shape index (κ3) is 11.2. The molecule has 0 amide bonds. The highest BCUT2D eigenvalue weighted by molar-refractivity contribution is 5.72. The number of unbranched alkanes of at least 4 members (excludes halogenated alkanes) is 6. The van der Waals surface area contributed by atoms with Crippen LogP contribution in [0.25, 0.3) is 0 Å². The lowest BCUT2D eigenvalue weighted by Gasteiger charge is -2.04. The summed E-state index contributed by atoms with van der Waals surface area (Å²) in [4.78, 5) is 10.2. The Morgan fingerprint density at radius 3 is 2.06 bits per heavy atom. The van der Waals surface area contributed by atoms with Crippen molar-refractivity contribution in [2.75, 3.05) is 20.6 Å². The Balaban J connectivity index is 3.17. The first-order valence-electron chi connectivity index (χ1n) is 6.77. The first-order chi connectivity index (χ1) is 8.54. The average Bonchev–Trinajstić information content (AvgIpc) is 2.30. The lowest BCUT2D eigenvalue weighted by atomic mass is 10.1. The minimum absolute atomic E-state index is 0.198. The predicted octanol–water partition coefficient (Wildman–Crippen LogP) is 0.0335. The van der Waals surface area contributed by atoms with E-state index in [9.17, 15) is 9.90 Å². The largest absolute Gasteiger partial charge is 0.550 e. The fraction of sp³-hybridized carbons (Fsp3) is 0.846. The number of nitrogens with two attached hydrogens (primary N) is 1. The maximum atomic E-state index is 10.2. The van der Waals surface area contributed by atoms with Crippen molar-refractivity contribution in [2.45, 2.75) is 51.4 Å². The molecule has 106 valence electrons. The van der Waals surface area contributed by atoms with Crippen molar-refractivity contribution in [1.29, 1.82) is 0 Å². The lowest BCUT2D eigenvalue weighted by Crippen LogP contribution is -2.38. The summed E-state index contributed by atoms with van der Waals surface area (Å²) in [6, 6.07) is 0. The summed E-state index contributed by atoms with van der Waals surface area (Å²) in [5.74, 6) is -0.229. The van der Waals surface area contributed by atoms with Crippen LogP contribution in [0.5, 0.6) is 0 Å². The molecule has 0 atom stereocenters. The van der Waals surface area contributed by atoms with Crippen molar-refractivity contribution in [3.8, 4) is 0 Å². The molecular weight excluding hydrogens is 230 g/mol. The van der Waals surface area contributed by atoms with Gasteiger partial charge in [0.2, 0.25) is 0 Å². The molecule has 0 aromatic carbocycles. The van der Waals surface area contributed by atoms with E-state index in [-0.39, 0.29) is 6.42 Å². The quantitative estimate of drug-likeness (QED) is 0.250. The molecule has 3 N–H and O–H groups in total. The van der Waals surface area contributed by atoms with Gasteiger partial charge < -0.3 is 9.90 Å². The Kier molecular flexibility index (Phi) is 10.1. The molecule has 5 heteroatoms. The lowest BCUT2D eigenvalue weighted by molar-refractivity contribution is -0.467. The van der Waals surface area contributed by atoms with Crippen molar-refractivity contribution in [1.82, 2.24) is 5.32 Å². The zero-order valence-corrected chi connectivity index (χ0v) is 11.7. The van der Waals surface area contributed by atoms with Gasteiger partial charge in [-0.3, -0.25) is 15.6 Å². The fourth-order valence-electron chi connectivity index (χ4n) is 1.65. The van der Waals surface area contributed by atoms with Gasteiger partial charge in [-0.25, -0.2) is 0 Å². The summed E-state index contributed by atoms with van der Waals surface area (Å²) < 4.78 is 1.86. The Hall–Kier alpha value is -1.26. The van der Waals surface area contributed by atoms with Gasteiger partial charge in [0, 0.05) is 5.97 Å². The normalized spacial score (nSPS) is 10.1.